The fourth-order valence-electron chi connectivity index (χ4n) is 6.02. The molecule has 3 atom stereocenters. The first-order valence-corrected chi connectivity index (χ1v) is 13.3. The summed E-state index contributed by atoms with van der Waals surface area (Å²) >= 11 is 0. The van der Waals surface area contributed by atoms with Gasteiger partial charge in [0.25, 0.3) is 0 Å². The Kier molecular flexibility index (Phi) is 7.60. The van der Waals surface area contributed by atoms with Crippen LogP contribution in [0.1, 0.15) is 47.7 Å². The fraction of sp³-hybridized carbons (Fsp3) is 0.387. The van der Waals surface area contributed by atoms with Gasteiger partial charge in [0.05, 0.1) is 12.6 Å². The van der Waals surface area contributed by atoms with Crippen molar-refractivity contribution < 1.29 is 15.0 Å². The number of phenolic OH excluding ortho intramolecular Hbond substituents is 1. The number of rotatable bonds is 7. The molecule has 2 aliphatic heterocycles. The van der Waals surface area contributed by atoms with E-state index in [4.69, 9.17) is 0 Å². The van der Waals surface area contributed by atoms with Crippen LogP contribution in [0.15, 0.2) is 72.8 Å². The van der Waals surface area contributed by atoms with Crippen LogP contribution in [-0.4, -0.2) is 69.1 Å². The largest absolute Gasteiger partial charge is 0.508 e. The highest BCUT2D eigenvalue weighted by molar-refractivity contribution is 5.69. The second-order valence-electron chi connectivity index (χ2n) is 10.7. The number of hydrogen-bond donors (Lipinski definition) is 2. The number of benzene rings is 3. The van der Waals surface area contributed by atoms with Crippen molar-refractivity contribution in [1.29, 1.82) is 0 Å². The quantitative estimate of drug-likeness (QED) is 0.498. The van der Waals surface area contributed by atoms with Gasteiger partial charge in [-0.2, -0.15) is 0 Å². The highest BCUT2D eigenvalue weighted by Gasteiger charge is 2.35. The lowest BCUT2D eigenvalue weighted by Crippen LogP contribution is -2.56. The maximum atomic E-state index is 11.3. The van der Waals surface area contributed by atoms with E-state index in [1.165, 1.54) is 22.3 Å². The monoisotopic (exact) mass is 499 g/mol. The number of aromatic hydroxyl groups is 1. The molecule has 3 aromatic rings. The van der Waals surface area contributed by atoms with Crippen LogP contribution in [-0.2, 0) is 24.3 Å². The van der Waals surface area contributed by atoms with Crippen molar-refractivity contribution in [3.8, 4) is 5.75 Å². The number of carbonyl (C=O) groups is 1. The van der Waals surface area contributed by atoms with Crippen LogP contribution in [0, 0.1) is 0 Å². The molecule has 0 spiro atoms. The average molecular weight is 500 g/mol. The summed E-state index contributed by atoms with van der Waals surface area (Å²) in [6.07, 6.45) is 0.866. The third-order valence-electron chi connectivity index (χ3n) is 7.91. The molecule has 37 heavy (non-hydrogen) atoms. The molecule has 0 aliphatic carbocycles. The second kappa shape index (κ2) is 11.1. The van der Waals surface area contributed by atoms with Crippen molar-refractivity contribution in [2.75, 3.05) is 26.2 Å². The van der Waals surface area contributed by atoms with Crippen LogP contribution in [0.25, 0.3) is 0 Å². The lowest BCUT2D eigenvalue weighted by Gasteiger charge is -2.48. The van der Waals surface area contributed by atoms with Gasteiger partial charge in [-0.1, -0.05) is 60.7 Å². The molecule has 6 nitrogen and oxygen atoms in total. The minimum absolute atomic E-state index is 0.00331. The molecule has 194 valence electrons. The van der Waals surface area contributed by atoms with Gasteiger partial charge in [-0.25, -0.2) is 0 Å². The van der Waals surface area contributed by atoms with E-state index in [0.717, 1.165) is 38.2 Å². The first kappa shape index (κ1) is 25.5. The number of aliphatic carboxylic acids is 1. The highest BCUT2D eigenvalue weighted by atomic mass is 16.4. The standard InChI is InChI=1S/C31H37N3O3/c1-22-18-34(23(2)17-33(22)19-24-7-4-3-5-8-24)31(26-9-6-10-29(35)16-26)27-12-11-25-13-14-32(21-30(36)37)20-28(25)15-27/h3-12,15-16,22-23,31,35H,13-14,17-21H2,1-2H3,(H,36,37)/t22-,23-,31?/m1/s1. The second-order valence-corrected chi connectivity index (χ2v) is 10.7. The summed E-state index contributed by atoms with van der Waals surface area (Å²) in [6, 6.07) is 25.7. The Balaban J connectivity index is 1.44. The Hall–Kier alpha value is -3.19. The fourth-order valence-corrected chi connectivity index (χ4v) is 6.02. The van der Waals surface area contributed by atoms with Gasteiger partial charge < -0.3 is 10.2 Å². The molecule has 1 fully saturated rings. The lowest BCUT2D eigenvalue weighted by molar-refractivity contribution is -0.138. The molecule has 0 aromatic heterocycles. The van der Waals surface area contributed by atoms with Crippen LogP contribution in [0.4, 0.5) is 0 Å². The third kappa shape index (κ3) is 5.87. The van der Waals surface area contributed by atoms with Crippen LogP contribution in [0.5, 0.6) is 5.75 Å². The van der Waals surface area contributed by atoms with Crippen LogP contribution in [0.2, 0.25) is 0 Å². The van der Waals surface area contributed by atoms with Crippen molar-refractivity contribution in [3.05, 3.63) is 101 Å². The predicted octanol–water partition coefficient (Wildman–Crippen LogP) is 4.52. The Morgan fingerprint density at radius 2 is 1.70 bits per heavy atom. The minimum atomic E-state index is -0.784. The van der Waals surface area contributed by atoms with Crippen molar-refractivity contribution in [2.45, 2.75) is 51.5 Å². The van der Waals surface area contributed by atoms with Crippen molar-refractivity contribution in [3.63, 3.8) is 0 Å². The Bertz CT molecular complexity index is 1230. The topological polar surface area (TPSA) is 67.2 Å². The molecule has 0 saturated carbocycles. The number of hydrogen-bond acceptors (Lipinski definition) is 5. The zero-order valence-corrected chi connectivity index (χ0v) is 21.8. The zero-order valence-electron chi connectivity index (χ0n) is 21.8. The van der Waals surface area contributed by atoms with Crippen molar-refractivity contribution >= 4 is 5.97 Å². The summed E-state index contributed by atoms with van der Waals surface area (Å²) in [5.41, 5.74) is 6.11. The Morgan fingerprint density at radius 3 is 2.46 bits per heavy atom. The van der Waals surface area contributed by atoms with Crippen LogP contribution in [0.3, 0.4) is 0 Å². The van der Waals surface area contributed by atoms with Gasteiger partial charge in [0, 0.05) is 44.8 Å². The van der Waals surface area contributed by atoms with E-state index in [-0.39, 0.29) is 18.3 Å². The van der Waals surface area contributed by atoms with E-state index in [1.807, 2.05) is 17.0 Å². The molecule has 5 rings (SSSR count). The molecule has 6 heteroatoms. The molecule has 1 saturated heterocycles. The molecule has 2 heterocycles. The van der Waals surface area contributed by atoms with E-state index in [1.54, 1.807) is 6.07 Å². The van der Waals surface area contributed by atoms with Crippen molar-refractivity contribution in [1.82, 2.24) is 14.7 Å². The molecule has 0 radical (unpaired) electrons. The number of carboxylic acids is 1. The van der Waals surface area contributed by atoms with Crippen LogP contribution < -0.4 is 0 Å². The molecule has 0 amide bonds. The Morgan fingerprint density at radius 1 is 0.919 bits per heavy atom. The first-order valence-electron chi connectivity index (χ1n) is 13.3. The van der Waals surface area contributed by atoms with Crippen LogP contribution >= 0.6 is 0 Å². The molecule has 2 N–H and O–H groups in total. The third-order valence-corrected chi connectivity index (χ3v) is 7.91. The van der Waals surface area contributed by atoms with E-state index in [0.29, 0.717) is 18.6 Å². The van der Waals surface area contributed by atoms with Gasteiger partial charge in [0.15, 0.2) is 0 Å². The summed E-state index contributed by atoms with van der Waals surface area (Å²) in [5, 5.41) is 19.6. The number of phenols is 1. The number of carboxylic acid groups (broad SMARTS) is 1. The SMILES string of the molecule is C[C@@H]1CN(C(c2cccc(O)c2)c2ccc3c(c2)CN(CC(=O)O)CC3)[C@H](C)CN1Cc1ccccc1. The van der Waals surface area contributed by atoms with Gasteiger partial charge in [0.2, 0.25) is 0 Å². The molecule has 0 bridgehead atoms. The highest BCUT2D eigenvalue weighted by Crippen LogP contribution is 2.36. The maximum Gasteiger partial charge on any atom is 0.317 e. The van der Waals surface area contributed by atoms with Gasteiger partial charge in [-0.3, -0.25) is 19.5 Å². The summed E-state index contributed by atoms with van der Waals surface area (Å²) < 4.78 is 0. The summed E-state index contributed by atoms with van der Waals surface area (Å²) in [5.74, 6) is -0.509. The van der Waals surface area contributed by atoms with E-state index >= 15 is 0 Å². The van der Waals surface area contributed by atoms with E-state index in [2.05, 4.69) is 78.2 Å². The molecule has 3 aromatic carbocycles. The molecular weight excluding hydrogens is 462 g/mol. The zero-order chi connectivity index (χ0) is 25.9. The minimum Gasteiger partial charge on any atom is -0.508 e. The molecule has 1 unspecified atom stereocenters. The number of nitrogens with zero attached hydrogens (tertiary/aromatic N) is 3. The van der Waals surface area contributed by atoms with Gasteiger partial charge >= 0.3 is 5.97 Å². The van der Waals surface area contributed by atoms with E-state index in [9.17, 15) is 15.0 Å². The molecule has 2 aliphatic rings. The first-order chi connectivity index (χ1) is 17.9. The van der Waals surface area contributed by atoms with Gasteiger partial charge in [0.1, 0.15) is 5.75 Å². The summed E-state index contributed by atoms with van der Waals surface area (Å²) in [7, 11) is 0. The average Bonchev–Trinajstić information content (AvgIpc) is 2.87. The van der Waals surface area contributed by atoms with Crippen molar-refractivity contribution in [2.24, 2.45) is 0 Å². The summed E-state index contributed by atoms with van der Waals surface area (Å²) in [4.78, 5) is 18.4. The predicted molar refractivity (Wildman–Crippen MR) is 145 cm³/mol. The van der Waals surface area contributed by atoms with E-state index < -0.39 is 5.97 Å². The lowest BCUT2D eigenvalue weighted by atomic mass is 9.89. The number of fused-ring (bicyclic) bond motifs is 1. The maximum absolute atomic E-state index is 11.3. The van der Waals surface area contributed by atoms with Gasteiger partial charge in [-0.15, -0.1) is 0 Å². The summed E-state index contributed by atoms with van der Waals surface area (Å²) in [6.45, 7) is 8.91. The molecular formula is C31H37N3O3. The normalized spacial score (nSPS) is 21.9. The smallest absolute Gasteiger partial charge is 0.317 e. The number of piperazine rings is 1. The Labute approximate surface area is 219 Å². The van der Waals surface area contributed by atoms with Gasteiger partial charge in [-0.05, 0) is 60.2 Å².